The molecule has 21 heavy (non-hydrogen) atoms. The fourth-order valence-corrected chi connectivity index (χ4v) is 1.91. The molecule has 0 aliphatic rings. The highest BCUT2D eigenvalue weighted by Gasteiger charge is 2.16. The van der Waals surface area contributed by atoms with Gasteiger partial charge in [0.2, 0.25) is 5.78 Å². The van der Waals surface area contributed by atoms with Crippen LogP contribution in [0.3, 0.4) is 0 Å². The predicted octanol–water partition coefficient (Wildman–Crippen LogP) is 4.06. The van der Waals surface area contributed by atoms with Crippen molar-refractivity contribution in [1.29, 1.82) is 5.26 Å². The van der Waals surface area contributed by atoms with Gasteiger partial charge in [-0.05, 0) is 30.7 Å². The molecule has 0 aliphatic carbocycles. The summed E-state index contributed by atoms with van der Waals surface area (Å²) in [6, 6.07) is 11.8. The van der Waals surface area contributed by atoms with Crippen molar-refractivity contribution in [3.63, 3.8) is 0 Å². The summed E-state index contributed by atoms with van der Waals surface area (Å²) in [5.74, 6) is -2.20. The zero-order valence-corrected chi connectivity index (χ0v) is 11.2. The molecule has 0 unspecified atom stereocenters. The Balaban J connectivity index is 2.51. The summed E-state index contributed by atoms with van der Waals surface area (Å²) < 4.78 is 27.2. The van der Waals surface area contributed by atoms with Gasteiger partial charge >= 0.3 is 0 Å². The second kappa shape index (κ2) is 6.10. The smallest absolute Gasteiger partial charge is 0.203 e. The Bertz CT molecular complexity index is 752. The van der Waals surface area contributed by atoms with Crippen molar-refractivity contribution in [3.05, 3.63) is 76.4 Å². The summed E-state index contributed by atoms with van der Waals surface area (Å²) in [4.78, 5) is 12.3. The summed E-state index contributed by atoms with van der Waals surface area (Å²) in [7, 11) is 0. The number of benzene rings is 2. The molecule has 0 saturated carbocycles. The van der Waals surface area contributed by atoms with Gasteiger partial charge in [-0.2, -0.15) is 5.26 Å². The lowest BCUT2D eigenvalue weighted by Gasteiger charge is -2.04. The van der Waals surface area contributed by atoms with Gasteiger partial charge in [0.25, 0.3) is 0 Å². The third kappa shape index (κ3) is 3.03. The number of hydrogen-bond donors (Lipinski definition) is 0. The molecule has 0 atom stereocenters. The summed E-state index contributed by atoms with van der Waals surface area (Å²) >= 11 is 0. The van der Waals surface area contributed by atoms with Crippen LogP contribution in [-0.4, -0.2) is 5.78 Å². The topological polar surface area (TPSA) is 40.9 Å². The van der Waals surface area contributed by atoms with E-state index in [-0.39, 0.29) is 5.57 Å². The molecule has 2 rings (SSSR count). The highest BCUT2D eigenvalue weighted by atomic mass is 19.1. The molecule has 0 bridgehead atoms. The van der Waals surface area contributed by atoms with Gasteiger partial charge in [0.15, 0.2) is 0 Å². The summed E-state index contributed by atoms with van der Waals surface area (Å²) in [5, 5.41) is 9.11. The van der Waals surface area contributed by atoms with E-state index in [4.69, 9.17) is 5.26 Å². The van der Waals surface area contributed by atoms with Crippen molar-refractivity contribution in [2.45, 2.75) is 6.92 Å². The van der Waals surface area contributed by atoms with Crippen LogP contribution in [0.15, 0.2) is 48.0 Å². The first-order valence-corrected chi connectivity index (χ1v) is 6.20. The Labute approximate surface area is 121 Å². The number of ketones is 1. The minimum atomic E-state index is -0.819. The molecule has 2 aromatic carbocycles. The van der Waals surface area contributed by atoms with Crippen LogP contribution in [-0.2, 0) is 0 Å². The van der Waals surface area contributed by atoms with E-state index in [0.29, 0.717) is 11.1 Å². The van der Waals surface area contributed by atoms with Crippen LogP contribution in [0.1, 0.15) is 21.5 Å². The SMILES string of the molecule is Cc1ccccc1C(=O)/C(C#N)=C/c1c(F)cccc1F. The number of carbonyl (C=O) groups excluding carboxylic acids is 1. The van der Waals surface area contributed by atoms with Crippen molar-refractivity contribution in [3.8, 4) is 6.07 Å². The lowest BCUT2D eigenvalue weighted by Crippen LogP contribution is -2.04. The number of nitrogens with zero attached hydrogens (tertiary/aromatic N) is 1. The summed E-state index contributed by atoms with van der Waals surface area (Å²) in [6.45, 7) is 1.73. The van der Waals surface area contributed by atoms with Gasteiger partial charge in [-0.1, -0.05) is 30.3 Å². The van der Waals surface area contributed by atoms with E-state index in [2.05, 4.69) is 0 Å². The quantitative estimate of drug-likeness (QED) is 0.484. The number of nitriles is 1. The first kappa shape index (κ1) is 14.6. The van der Waals surface area contributed by atoms with Gasteiger partial charge < -0.3 is 0 Å². The minimum Gasteiger partial charge on any atom is -0.288 e. The van der Waals surface area contributed by atoms with Crippen LogP contribution >= 0.6 is 0 Å². The van der Waals surface area contributed by atoms with E-state index >= 15 is 0 Å². The zero-order valence-electron chi connectivity index (χ0n) is 11.2. The summed E-state index contributed by atoms with van der Waals surface area (Å²) in [5.41, 5.74) is 0.323. The molecule has 0 amide bonds. The molecule has 0 N–H and O–H groups in total. The van der Waals surface area contributed by atoms with Gasteiger partial charge in [-0.25, -0.2) is 8.78 Å². The van der Waals surface area contributed by atoms with Crippen LogP contribution < -0.4 is 0 Å². The average Bonchev–Trinajstić information content (AvgIpc) is 2.47. The second-order valence-corrected chi connectivity index (χ2v) is 4.45. The number of halogens is 2. The van der Waals surface area contributed by atoms with E-state index in [0.717, 1.165) is 18.2 Å². The van der Waals surface area contributed by atoms with Gasteiger partial charge in [-0.3, -0.25) is 4.79 Å². The van der Waals surface area contributed by atoms with Crippen molar-refractivity contribution >= 4 is 11.9 Å². The molecule has 0 aliphatic heterocycles. The van der Waals surface area contributed by atoms with Crippen molar-refractivity contribution in [2.24, 2.45) is 0 Å². The molecule has 0 spiro atoms. The molecule has 4 heteroatoms. The van der Waals surface area contributed by atoms with E-state index in [9.17, 15) is 13.6 Å². The highest BCUT2D eigenvalue weighted by Crippen LogP contribution is 2.19. The molecule has 0 saturated heterocycles. The maximum atomic E-state index is 13.6. The van der Waals surface area contributed by atoms with Crippen LogP contribution in [0, 0.1) is 29.9 Å². The number of carbonyl (C=O) groups is 1. The molecule has 104 valence electrons. The second-order valence-electron chi connectivity index (χ2n) is 4.45. The molecule has 0 fully saturated rings. The monoisotopic (exact) mass is 283 g/mol. The maximum absolute atomic E-state index is 13.6. The van der Waals surface area contributed by atoms with Crippen LogP contribution in [0.5, 0.6) is 0 Å². The van der Waals surface area contributed by atoms with E-state index in [1.165, 1.54) is 6.07 Å². The molecular weight excluding hydrogens is 272 g/mol. The molecule has 0 radical (unpaired) electrons. The molecule has 0 aromatic heterocycles. The normalized spacial score (nSPS) is 11.0. The molecular formula is C17H11F2NO. The third-order valence-corrected chi connectivity index (χ3v) is 3.04. The Hall–Kier alpha value is -2.80. The maximum Gasteiger partial charge on any atom is 0.203 e. The highest BCUT2D eigenvalue weighted by molar-refractivity contribution is 6.14. The fraction of sp³-hybridized carbons (Fsp3) is 0.0588. The Morgan fingerprint density at radius 2 is 1.71 bits per heavy atom. The van der Waals surface area contributed by atoms with Gasteiger partial charge in [0.1, 0.15) is 23.3 Å². The van der Waals surface area contributed by atoms with Crippen molar-refractivity contribution in [1.82, 2.24) is 0 Å². The van der Waals surface area contributed by atoms with Gasteiger partial charge in [0.05, 0.1) is 0 Å². The van der Waals surface area contributed by atoms with E-state index in [1.54, 1.807) is 37.3 Å². The number of aryl methyl sites for hydroxylation is 1. The largest absolute Gasteiger partial charge is 0.288 e. The number of hydrogen-bond acceptors (Lipinski definition) is 2. The van der Waals surface area contributed by atoms with Crippen LogP contribution in [0.4, 0.5) is 8.78 Å². The first-order valence-electron chi connectivity index (χ1n) is 6.20. The van der Waals surface area contributed by atoms with Crippen molar-refractivity contribution < 1.29 is 13.6 Å². The van der Waals surface area contributed by atoms with Gasteiger partial charge in [0, 0.05) is 11.1 Å². The number of allylic oxidation sites excluding steroid dienone is 1. The molecule has 2 aromatic rings. The van der Waals surface area contributed by atoms with Gasteiger partial charge in [-0.15, -0.1) is 0 Å². The average molecular weight is 283 g/mol. The summed E-state index contributed by atoms with van der Waals surface area (Å²) in [6.07, 6.45) is 0.944. The zero-order chi connectivity index (χ0) is 15.4. The van der Waals surface area contributed by atoms with E-state index in [1.807, 2.05) is 0 Å². The number of rotatable bonds is 3. The first-order chi connectivity index (χ1) is 10.0. The lowest BCUT2D eigenvalue weighted by molar-refractivity contribution is 0.103. The minimum absolute atomic E-state index is 0.312. The standard InChI is InChI=1S/C17H11F2NO/c1-11-5-2-3-6-13(11)17(21)12(10-20)9-14-15(18)7-4-8-16(14)19/h2-9H,1H3/b12-9+. The Kier molecular flexibility index (Phi) is 4.24. The predicted molar refractivity (Wildman–Crippen MR) is 75.5 cm³/mol. The van der Waals surface area contributed by atoms with Crippen LogP contribution in [0.2, 0.25) is 0 Å². The van der Waals surface area contributed by atoms with Crippen molar-refractivity contribution in [2.75, 3.05) is 0 Å². The van der Waals surface area contributed by atoms with E-state index < -0.39 is 23.0 Å². The third-order valence-electron chi connectivity index (χ3n) is 3.04. The van der Waals surface area contributed by atoms with Crippen LogP contribution in [0.25, 0.3) is 6.08 Å². The molecule has 2 nitrogen and oxygen atoms in total. The molecule has 0 heterocycles. The number of Topliss-reactive ketones (excluding diaryl/α,β-unsaturated/α-hetero) is 1. The Morgan fingerprint density at radius 1 is 1.10 bits per heavy atom. The Morgan fingerprint density at radius 3 is 2.29 bits per heavy atom. The lowest BCUT2D eigenvalue weighted by atomic mass is 9.98. The fourth-order valence-electron chi connectivity index (χ4n) is 1.91.